The van der Waals surface area contributed by atoms with Crippen LogP contribution >= 0.6 is 0 Å². The Morgan fingerprint density at radius 3 is 1.29 bits per heavy atom. The average Bonchev–Trinajstić information content (AvgIpc) is 3.88. The molecule has 69 heavy (non-hydrogen) atoms. The van der Waals surface area contributed by atoms with Crippen LogP contribution in [0.2, 0.25) is 0 Å². The SMILES string of the molecule is CC1(C)c2cc(-c3ccc(-c4nc(-c5cccnc5)nc5c4C(C)(C)c4ccccc4-5)cc3)ccc2-c2ccc(-c3ccc(-c4nc(-c5ccccn5)nc5c4C(C)(C)c4ccccc4-5)cc3)cc21. The molecule has 0 saturated heterocycles. The predicted molar refractivity (Wildman–Crippen MR) is 279 cm³/mol. The lowest BCUT2D eigenvalue weighted by Gasteiger charge is -2.24. The number of rotatable bonds is 6. The van der Waals surface area contributed by atoms with Crippen LogP contribution in [-0.2, 0) is 16.2 Å². The minimum absolute atomic E-state index is 0.203. The largest absolute Gasteiger partial charge is 0.264 e. The van der Waals surface area contributed by atoms with E-state index in [4.69, 9.17) is 19.9 Å². The fourth-order valence-corrected chi connectivity index (χ4v) is 11.6. The van der Waals surface area contributed by atoms with Crippen LogP contribution in [0, 0.1) is 0 Å². The summed E-state index contributed by atoms with van der Waals surface area (Å²) in [5, 5.41) is 0. The Morgan fingerprint density at radius 2 is 0.783 bits per heavy atom. The number of fused-ring (bicyclic) bond motifs is 9. The normalized spacial score (nSPS) is 14.9. The van der Waals surface area contributed by atoms with Crippen LogP contribution in [0.15, 0.2) is 182 Å². The van der Waals surface area contributed by atoms with Gasteiger partial charge in [0.05, 0.1) is 22.8 Å². The van der Waals surface area contributed by atoms with Gasteiger partial charge in [0.1, 0.15) is 5.69 Å². The lowest BCUT2D eigenvalue weighted by Crippen LogP contribution is -2.17. The van der Waals surface area contributed by atoms with E-state index in [1.54, 1.807) is 12.4 Å². The van der Waals surface area contributed by atoms with Crippen molar-refractivity contribution in [2.75, 3.05) is 0 Å². The molecule has 0 radical (unpaired) electrons. The summed E-state index contributed by atoms with van der Waals surface area (Å²) in [5.74, 6) is 1.32. The number of nitrogens with zero attached hydrogens (tertiary/aromatic N) is 6. The van der Waals surface area contributed by atoms with Crippen molar-refractivity contribution in [1.82, 2.24) is 29.9 Å². The van der Waals surface area contributed by atoms with Crippen LogP contribution in [0.3, 0.4) is 0 Å². The average molecular weight is 889 g/mol. The molecule has 6 nitrogen and oxygen atoms in total. The first-order valence-corrected chi connectivity index (χ1v) is 23.8. The molecule has 0 amide bonds. The van der Waals surface area contributed by atoms with E-state index in [0.29, 0.717) is 11.6 Å². The molecule has 0 fully saturated rings. The van der Waals surface area contributed by atoms with Crippen LogP contribution in [0.5, 0.6) is 0 Å². The van der Waals surface area contributed by atoms with E-state index in [9.17, 15) is 0 Å². The molecule has 330 valence electrons. The number of pyridine rings is 2. The van der Waals surface area contributed by atoms with Crippen molar-refractivity contribution in [2.45, 2.75) is 57.8 Å². The summed E-state index contributed by atoms with van der Waals surface area (Å²) < 4.78 is 0. The van der Waals surface area contributed by atoms with Crippen molar-refractivity contribution < 1.29 is 0 Å². The quantitative estimate of drug-likeness (QED) is 0.165. The second kappa shape index (κ2) is 14.9. The molecule has 4 aromatic heterocycles. The molecule has 3 aliphatic carbocycles. The fourth-order valence-electron chi connectivity index (χ4n) is 11.6. The van der Waals surface area contributed by atoms with Gasteiger partial charge in [-0.2, -0.15) is 0 Å². The van der Waals surface area contributed by atoms with Crippen LogP contribution in [0.25, 0.3) is 101 Å². The van der Waals surface area contributed by atoms with Gasteiger partial charge in [-0.1, -0.05) is 169 Å². The van der Waals surface area contributed by atoms with Gasteiger partial charge in [-0.3, -0.25) is 9.97 Å². The van der Waals surface area contributed by atoms with Gasteiger partial charge in [0, 0.05) is 73.8 Å². The highest BCUT2D eigenvalue weighted by Gasteiger charge is 2.42. The van der Waals surface area contributed by atoms with Crippen molar-refractivity contribution in [3.8, 4) is 101 Å². The Labute approximate surface area is 403 Å². The zero-order valence-corrected chi connectivity index (χ0v) is 39.5. The monoisotopic (exact) mass is 888 g/mol. The molecule has 0 saturated carbocycles. The number of hydrogen-bond donors (Lipinski definition) is 0. The minimum Gasteiger partial charge on any atom is -0.264 e. The Bertz CT molecular complexity index is 3480. The summed E-state index contributed by atoms with van der Waals surface area (Å²) in [6, 6.07) is 59.0. The molecule has 3 aliphatic rings. The lowest BCUT2D eigenvalue weighted by atomic mass is 9.80. The Hall–Kier alpha value is -8.22. The number of benzene rings is 6. The molecule has 0 atom stereocenters. The number of aromatic nitrogens is 6. The lowest BCUT2D eigenvalue weighted by molar-refractivity contribution is 0.657. The predicted octanol–water partition coefficient (Wildman–Crippen LogP) is 15.0. The van der Waals surface area contributed by atoms with E-state index in [0.717, 1.165) is 61.9 Å². The summed E-state index contributed by atoms with van der Waals surface area (Å²) in [6.45, 7) is 13.9. The van der Waals surface area contributed by atoms with Gasteiger partial charge in [-0.05, 0) is 92.0 Å². The Kier molecular flexibility index (Phi) is 8.85. The van der Waals surface area contributed by atoms with Crippen LogP contribution in [-0.4, -0.2) is 29.9 Å². The molecule has 0 bridgehead atoms. The maximum absolute atomic E-state index is 5.28. The van der Waals surface area contributed by atoms with Gasteiger partial charge >= 0.3 is 0 Å². The standard InChI is InChI=1S/C63H48N6/c1-61(2)50-34-41(37-20-24-39(25-21-37)55-53-57(46-15-7-9-17-48(46)62(53,3)4)68-59(66-55)43-14-13-32-64-36-43)28-30-44(50)45-31-29-42(35-51(45)61)38-22-26-40(27-23-38)56-54-58(47-16-8-10-18-49(47)63(54,5)6)69-60(67-56)52-19-11-12-33-65-52/h7-36H,1-6H3. The highest BCUT2D eigenvalue weighted by Crippen LogP contribution is 2.54. The molecule has 13 rings (SSSR count). The van der Waals surface area contributed by atoms with Crippen molar-refractivity contribution in [3.05, 3.63) is 216 Å². The molecular weight excluding hydrogens is 841 g/mol. The second-order valence-electron chi connectivity index (χ2n) is 20.3. The molecule has 0 unspecified atom stereocenters. The molecular formula is C63H48N6. The highest BCUT2D eigenvalue weighted by atomic mass is 14.9. The molecule has 0 aliphatic heterocycles. The van der Waals surface area contributed by atoms with Crippen molar-refractivity contribution in [1.29, 1.82) is 0 Å². The summed E-state index contributed by atoms with van der Waals surface area (Å²) in [4.78, 5) is 29.9. The maximum Gasteiger partial charge on any atom is 0.179 e. The van der Waals surface area contributed by atoms with E-state index >= 15 is 0 Å². The first kappa shape index (κ1) is 41.0. The van der Waals surface area contributed by atoms with E-state index in [2.05, 4.69) is 185 Å². The molecule has 6 heteroatoms. The maximum atomic E-state index is 5.28. The van der Waals surface area contributed by atoms with Gasteiger partial charge in [-0.15, -0.1) is 0 Å². The van der Waals surface area contributed by atoms with E-state index in [1.165, 1.54) is 61.2 Å². The fraction of sp³-hybridized carbons (Fsp3) is 0.143. The molecule has 0 spiro atoms. The molecule has 0 N–H and O–H groups in total. The van der Waals surface area contributed by atoms with Crippen LogP contribution < -0.4 is 0 Å². The Morgan fingerprint density at radius 1 is 0.319 bits per heavy atom. The van der Waals surface area contributed by atoms with Gasteiger partial charge in [0.25, 0.3) is 0 Å². The summed E-state index contributed by atoms with van der Waals surface area (Å²) in [7, 11) is 0. The second-order valence-corrected chi connectivity index (χ2v) is 20.3. The zero-order chi connectivity index (χ0) is 46.8. The summed E-state index contributed by atoms with van der Waals surface area (Å²) in [6.07, 6.45) is 5.44. The Balaban J connectivity index is 0.822. The van der Waals surface area contributed by atoms with Crippen molar-refractivity contribution >= 4 is 0 Å². The van der Waals surface area contributed by atoms with Gasteiger partial charge in [0.15, 0.2) is 11.6 Å². The van der Waals surface area contributed by atoms with Gasteiger partial charge in [0.2, 0.25) is 0 Å². The third-order valence-electron chi connectivity index (χ3n) is 15.3. The van der Waals surface area contributed by atoms with Crippen molar-refractivity contribution in [3.63, 3.8) is 0 Å². The summed E-state index contributed by atoms with van der Waals surface area (Å²) >= 11 is 0. The molecule has 10 aromatic rings. The van der Waals surface area contributed by atoms with Gasteiger partial charge in [-0.25, -0.2) is 19.9 Å². The van der Waals surface area contributed by atoms with E-state index in [1.807, 2.05) is 36.5 Å². The zero-order valence-electron chi connectivity index (χ0n) is 39.5. The number of hydrogen-bond acceptors (Lipinski definition) is 6. The third kappa shape index (κ3) is 6.17. The smallest absolute Gasteiger partial charge is 0.179 e. The van der Waals surface area contributed by atoms with Crippen LogP contribution in [0.4, 0.5) is 0 Å². The molecule has 6 aromatic carbocycles. The highest BCUT2D eigenvalue weighted by molar-refractivity contribution is 5.90. The topological polar surface area (TPSA) is 77.3 Å². The summed E-state index contributed by atoms with van der Waals surface area (Å²) in [5.41, 5.74) is 24.2. The molecule has 4 heterocycles. The minimum atomic E-state index is -0.263. The third-order valence-corrected chi connectivity index (χ3v) is 15.3. The van der Waals surface area contributed by atoms with Gasteiger partial charge < -0.3 is 0 Å². The van der Waals surface area contributed by atoms with Crippen LogP contribution in [0.1, 0.15) is 74.9 Å². The van der Waals surface area contributed by atoms with E-state index in [-0.39, 0.29) is 16.2 Å². The first-order valence-electron chi connectivity index (χ1n) is 23.8. The van der Waals surface area contributed by atoms with Crippen molar-refractivity contribution in [2.24, 2.45) is 0 Å². The van der Waals surface area contributed by atoms with E-state index < -0.39 is 0 Å². The first-order chi connectivity index (χ1) is 33.5.